The molecule has 10 aromatic carbocycles. The predicted molar refractivity (Wildman–Crippen MR) is 276 cm³/mol. The Morgan fingerprint density at radius 3 is 1.74 bits per heavy atom. The van der Waals surface area contributed by atoms with Crippen LogP contribution >= 0.6 is 0 Å². The molecule has 1 aliphatic carbocycles. The highest BCUT2D eigenvalue weighted by Gasteiger charge is 2.37. The van der Waals surface area contributed by atoms with Crippen LogP contribution in [0.4, 0.5) is 0 Å². The van der Waals surface area contributed by atoms with Crippen LogP contribution in [-0.2, 0) is 5.41 Å². The zero-order chi connectivity index (χ0) is 43.9. The molecule has 0 saturated carbocycles. The van der Waals surface area contributed by atoms with Gasteiger partial charge in [-0.3, -0.25) is 0 Å². The fourth-order valence-corrected chi connectivity index (χ4v) is 10.8. The third-order valence-electron chi connectivity index (χ3n) is 14.0. The highest BCUT2D eigenvalue weighted by molar-refractivity contribution is 6.14. The summed E-state index contributed by atoms with van der Waals surface area (Å²) in [7, 11) is 0. The van der Waals surface area contributed by atoms with Gasteiger partial charge in [-0.25, -0.2) is 9.97 Å². The van der Waals surface area contributed by atoms with Gasteiger partial charge >= 0.3 is 0 Å². The molecular formula is C63H43N3. The minimum Gasteiger partial charge on any atom is -0.309 e. The molecule has 0 amide bonds. The highest BCUT2D eigenvalue weighted by Crippen LogP contribution is 2.54. The van der Waals surface area contributed by atoms with Gasteiger partial charge in [0.1, 0.15) is 0 Å². The van der Waals surface area contributed by atoms with Crippen LogP contribution in [0.2, 0.25) is 0 Å². The summed E-state index contributed by atoms with van der Waals surface area (Å²) < 4.78 is 2.40. The van der Waals surface area contributed by atoms with Crippen molar-refractivity contribution in [3.05, 3.63) is 236 Å². The molecule has 66 heavy (non-hydrogen) atoms. The molecule has 0 aliphatic heterocycles. The molecule has 310 valence electrons. The van der Waals surface area contributed by atoms with Crippen LogP contribution in [0.25, 0.3) is 116 Å². The van der Waals surface area contributed by atoms with Gasteiger partial charge in [0.2, 0.25) is 0 Å². The molecule has 0 bridgehead atoms. The van der Waals surface area contributed by atoms with Gasteiger partial charge in [-0.1, -0.05) is 202 Å². The van der Waals surface area contributed by atoms with Gasteiger partial charge in [0.05, 0.1) is 22.4 Å². The lowest BCUT2D eigenvalue weighted by Gasteiger charge is -2.22. The van der Waals surface area contributed by atoms with E-state index in [0.29, 0.717) is 5.82 Å². The summed E-state index contributed by atoms with van der Waals surface area (Å²) >= 11 is 0. The number of para-hydroxylation sites is 3. The second-order valence-corrected chi connectivity index (χ2v) is 18.1. The molecule has 0 N–H and O–H groups in total. The van der Waals surface area contributed by atoms with Gasteiger partial charge in [-0.15, -0.1) is 0 Å². The average molecular weight is 842 g/mol. The number of fused-ring (bicyclic) bond motifs is 8. The first-order valence-electron chi connectivity index (χ1n) is 22.8. The standard InChI is InChI=1S/C63H43N3/c1-63(2)55-29-16-27-52(60(55)54-37-43-19-9-10-20-44(43)38-56(54)63)49-35-36-50(48-24-12-11-23-47(48)49)58-39-57(64-62(65-58)42-17-5-3-6-18-42)41-33-31-40(32-34-41)46-26-15-28-53-51-25-13-14-30-59(51)66(61(46)53)45-21-7-4-8-22-45/h3-39H,1-2H3. The number of hydrogen-bond acceptors (Lipinski definition) is 2. The maximum atomic E-state index is 5.33. The molecule has 12 aromatic rings. The SMILES string of the molecule is CC1(C)c2cc3ccccc3cc2-c2c(-c3ccc(-c4cc(-c5ccc(-c6cccc7c8ccccc8n(-c8ccccc8)c67)cc5)nc(-c5ccccc5)n4)c4ccccc34)cccc21. The molecule has 1 aliphatic rings. The number of hydrogen-bond donors (Lipinski definition) is 0. The summed E-state index contributed by atoms with van der Waals surface area (Å²) in [5.74, 6) is 0.699. The van der Waals surface area contributed by atoms with Crippen molar-refractivity contribution in [1.29, 1.82) is 0 Å². The Morgan fingerprint density at radius 1 is 0.364 bits per heavy atom. The van der Waals surface area contributed by atoms with Crippen molar-refractivity contribution in [2.45, 2.75) is 19.3 Å². The van der Waals surface area contributed by atoms with Crippen LogP contribution in [0.15, 0.2) is 224 Å². The molecule has 0 unspecified atom stereocenters. The van der Waals surface area contributed by atoms with Crippen LogP contribution < -0.4 is 0 Å². The van der Waals surface area contributed by atoms with Gasteiger partial charge in [0.25, 0.3) is 0 Å². The maximum absolute atomic E-state index is 5.33. The maximum Gasteiger partial charge on any atom is 0.160 e. The molecule has 3 heteroatoms. The van der Waals surface area contributed by atoms with E-state index in [2.05, 4.69) is 237 Å². The summed E-state index contributed by atoms with van der Waals surface area (Å²) in [5, 5.41) is 7.38. The second kappa shape index (κ2) is 14.8. The van der Waals surface area contributed by atoms with Crippen molar-refractivity contribution >= 4 is 43.4 Å². The van der Waals surface area contributed by atoms with Crippen molar-refractivity contribution < 1.29 is 0 Å². The van der Waals surface area contributed by atoms with E-state index in [0.717, 1.165) is 44.7 Å². The Labute approximate surface area is 384 Å². The van der Waals surface area contributed by atoms with E-state index in [9.17, 15) is 0 Å². The fraction of sp³-hybridized carbons (Fsp3) is 0.0476. The van der Waals surface area contributed by atoms with E-state index in [1.807, 2.05) is 6.07 Å². The lowest BCUT2D eigenvalue weighted by molar-refractivity contribution is 0.661. The molecule has 0 saturated heterocycles. The van der Waals surface area contributed by atoms with Crippen LogP contribution in [0.5, 0.6) is 0 Å². The third-order valence-corrected chi connectivity index (χ3v) is 14.0. The van der Waals surface area contributed by atoms with Crippen LogP contribution in [0, 0.1) is 0 Å². The monoisotopic (exact) mass is 841 g/mol. The Hall–Kier alpha value is -8.40. The van der Waals surface area contributed by atoms with Crippen molar-refractivity contribution in [2.75, 3.05) is 0 Å². The normalized spacial score (nSPS) is 12.8. The molecule has 13 rings (SSSR count). The van der Waals surface area contributed by atoms with E-state index in [-0.39, 0.29) is 5.41 Å². The molecule has 2 aromatic heterocycles. The van der Waals surface area contributed by atoms with Gasteiger partial charge in [-0.2, -0.15) is 0 Å². The van der Waals surface area contributed by atoms with E-state index in [4.69, 9.17) is 9.97 Å². The summed E-state index contributed by atoms with van der Waals surface area (Å²) in [6.45, 7) is 4.74. The molecule has 0 atom stereocenters. The van der Waals surface area contributed by atoms with E-state index in [1.54, 1.807) is 0 Å². The number of nitrogens with zero attached hydrogens (tertiary/aromatic N) is 3. The number of benzene rings is 10. The highest BCUT2D eigenvalue weighted by atomic mass is 15.0. The lowest BCUT2D eigenvalue weighted by Crippen LogP contribution is -2.14. The van der Waals surface area contributed by atoms with Gasteiger partial charge in [-0.05, 0) is 96.9 Å². The minimum atomic E-state index is -0.126. The first-order valence-corrected chi connectivity index (χ1v) is 22.8. The zero-order valence-corrected chi connectivity index (χ0v) is 36.7. The van der Waals surface area contributed by atoms with Crippen LogP contribution in [-0.4, -0.2) is 14.5 Å². The molecule has 0 spiro atoms. The van der Waals surface area contributed by atoms with Gasteiger partial charge < -0.3 is 4.57 Å². The van der Waals surface area contributed by atoms with Crippen LogP contribution in [0.3, 0.4) is 0 Å². The van der Waals surface area contributed by atoms with Crippen molar-refractivity contribution in [3.8, 4) is 73.0 Å². The molecule has 0 radical (unpaired) electrons. The minimum absolute atomic E-state index is 0.126. The van der Waals surface area contributed by atoms with E-state index >= 15 is 0 Å². The predicted octanol–water partition coefficient (Wildman–Crippen LogP) is 16.5. The molecule has 0 fully saturated rings. The molecule has 3 nitrogen and oxygen atoms in total. The number of aromatic nitrogens is 3. The van der Waals surface area contributed by atoms with Gasteiger partial charge in [0, 0.05) is 44.1 Å². The number of rotatable bonds is 6. The molecular weight excluding hydrogens is 799 g/mol. The first-order chi connectivity index (χ1) is 32.5. The smallest absolute Gasteiger partial charge is 0.160 e. The zero-order valence-electron chi connectivity index (χ0n) is 36.7. The van der Waals surface area contributed by atoms with E-state index in [1.165, 1.54) is 76.9 Å². The second-order valence-electron chi connectivity index (χ2n) is 18.1. The van der Waals surface area contributed by atoms with Crippen molar-refractivity contribution in [2.24, 2.45) is 0 Å². The quantitative estimate of drug-likeness (QED) is 0.167. The fourth-order valence-electron chi connectivity index (χ4n) is 10.8. The topological polar surface area (TPSA) is 30.7 Å². The average Bonchev–Trinajstić information content (AvgIpc) is 3.84. The Balaban J connectivity index is 0.952. The Morgan fingerprint density at radius 2 is 0.955 bits per heavy atom. The van der Waals surface area contributed by atoms with Crippen LogP contribution in [0.1, 0.15) is 25.0 Å². The largest absolute Gasteiger partial charge is 0.309 e. The molecule has 2 heterocycles. The van der Waals surface area contributed by atoms with Crippen molar-refractivity contribution in [1.82, 2.24) is 14.5 Å². The Kier molecular flexibility index (Phi) is 8.56. The van der Waals surface area contributed by atoms with E-state index < -0.39 is 0 Å². The van der Waals surface area contributed by atoms with Crippen molar-refractivity contribution in [3.63, 3.8) is 0 Å². The lowest BCUT2D eigenvalue weighted by atomic mass is 9.81. The summed E-state index contributed by atoms with van der Waals surface area (Å²) in [4.78, 5) is 10.6. The van der Waals surface area contributed by atoms with Gasteiger partial charge in [0.15, 0.2) is 5.82 Å². The summed E-state index contributed by atoms with van der Waals surface area (Å²) in [5.41, 5.74) is 18.5. The third kappa shape index (κ3) is 5.90. The Bertz CT molecular complexity index is 3880. The first kappa shape index (κ1) is 38.1. The summed E-state index contributed by atoms with van der Waals surface area (Å²) in [6.07, 6.45) is 0. The summed E-state index contributed by atoms with van der Waals surface area (Å²) in [6, 6.07) is 81.3.